The Morgan fingerprint density at radius 3 is 2.63 bits per heavy atom. The molecule has 0 saturated heterocycles. The Hall–Kier alpha value is -2.76. The normalized spacial score (nSPS) is 11.0. The molecule has 0 aliphatic rings. The van der Waals surface area contributed by atoms with Gasteiger partial charge in [-0.25, -0.2) is 4.98 Å². The average molecular weight is 254 g/mol. The number of hydrogen-bond donors (Lipinski definition) is 4. The summed E-state index contributed by atoms with van der Waals surface area (Å²) in [6.07, 6.45) is 0. The summed E-state index contributed by atoms with van der Waals surface area (Å²) in [7, 11) is 0. The molecule has 0 amide bonds. The van der Waals surface area contributed by atoms with E-state index < -0.39 is 0 Å². The van der Waals surface area contributed by atoms with Crippen LogP contribution in [0.2, 0.25) is 0 Å². The number of nitrogen functional groups attached to an aromatic ring is 3. The molecule has 2 heterocycles. The number of aryl methyl sites for hydroxylation is 1. The Morgan fingerprint density at radius 2 is 1.84 bits per heavy atom. The molecule has 2 aromatic heterocycles. The maximum atomic E-state index is 5.92. The monoisotopic (exact) mass is 254 g/mol. The number of benzene rings is 1. The third-order valence-electron chi connectivity index (χ3n) is 3.02. The number of nitrogens with one attached hydrogen (secondary N) is 1. The lowest BCUT2D eigenvalue weighted by molar-refractivity contribution is 1.20. The van der Waals surface area contributed by atoms with Gasteiger partial charge in [0.2, 0.25) is 5.95 Å². The fourth-order valence-corrected chi connectivity index (χ4v) is 2.15. The van der Waals surface area contributed by atoms with Crippen molar-refractivity contribution in [2.75, 3.05) is 17.2 Å². The Kier molecular flexibility index (Phi) is 2.31. The minimum atomic E-state index is 0.118. The van der Waals surface area contributed by atoms with Crippen LogP contribution < -0.4 is 17.2 Å². The van der Waals surface area contributed by atoms with Crippen LogP contribution in [0, 0.1) is 6.92 Å². The van der Waals surface area contributed by atoms with E-state index in [1.165, 1.54) is 0 Å². The minimum Gasteiger partial charge on any atom is -0.394 e. The molecular weight excluding hydrogens is 240 g/mol. The van der Waals surface area contributed by atoms with Crippen LogP contribution in [0.5, 0.6) is 0 Å². The summed E-state index contributed by atoms with van der Waals surface area (Å²) in [4.78, 5) is 11.3. The second-order valence-electron chi connectivity index (χ2n) is 4.48. The molecule has 0 saturated carbocycles. The molecule has 6 nitrogen and oxygen atoms in total. The third-order valence-corrected chi connectivity index (χ3v) is 3.02. The van der Waals surface area contributed by atoms with Gasteiger partial charge in [0.15, 0.2) is 5.82 Å². The highest BCUT2D eigenvalue weighted by Gasteiger charge is 2.11. The molecule has 3 aromatic rings. The summed E-state index contributed by atoms with van der Waals surface area (Å²) in [6, 6.07) is 7.96. The largest absolute Gasteiger partial charge is 0.394 e. The zero-order valence-electron chi connectivity index (χ0n) is 10.4. The fourth-order valence-electron chi connectivity index (χ4n) is 2.15. The Morgan fingerprint density at radius 1 is 1.05 bits per heavy atom. The molecule has 1 aromatic carbocycles. The van der Waals surface area contributed by atoms with Crippen molar-refractivity contribution >= 4 is 28.4 Å². The molecule has 0 aliphatic carbocycles. The molecule has 0 fully saturated rings. The first-order valence-corrected chi connectivity index (χ1v) is 5.83. The number of rotatable bonds is 1. The maximum Gasteiger partial charge on any atom is 0.222 e. The Bertz CT molecular complexity index is 774. The number of nitrogens with zero attached hydrogens (tertiary/aromatic N) is 2. The number of hydrogen-bond acceptors (Lipinski definition) is 5. The highest BCUT2D eigenvalue weighted by molar-refractivity contribution is 5.89. The first-order valence-electron chi connectivity index (χ1n) is 5.83. The number of aromatic amines is 1. The van der Waals surface area contributed by atoms with Gasteiger partial charge in [-0.2, -0.15) is 4.98 Å². The van der Waals surface area contributed by atoms with Crippen molar-refractivity contribution in [3.63, 3.8) is 0 Å². The smallest absolute Gasteiger partial charge is 0.222 e. The van der Waals surface area contributed by atoms with Crippen molar-refractivity contribution < 1.29 is 0 Å². The summed E-state index contributed by atoms with van der Waals surface area (Å²) < 4.78 is 0. The van der Waals surface area contributed by atoms with Crippen LogP contribution in [0.1, 0.15) is 5.69 Å². The summed E-state index contributed by atoms with van der Waals surface area (Å²) in [5.74, 6) is 0.319. The lowest BCUT2D eigenvalue weighted by Gasteiger charge is -2.08. The van der Waals surface area contributed by atoms with Crippen molar-refractivity contribution in [2.45, 2.75) is 6.92 Å². The summed E-state index contributed by atoms with van der Waals surface area (Å²) in [5, 5.41) is 1.09. The minimum absolute atomic E-state index is 0.118. The van der Waals surface area contributed by atoms with Crippen LogP contribution in [0.3, 0.4) is 0 Å². The van der Waals surface area contributed by atoms with Gasteiger partial charge >= 0.3 is 0 Å². The highest BCUT2D eigenvalue weighted by Crippen LogP contribution is 2.30. The molecule has 0 radical (unpaired) electrons. The van der Waals surface area contributed by atoms with Gasteiger partial charge in [-0.1, -0.05) is 6.07 Å². The number of anilines is 3. The van der Waals surface area contributed by atoms with Crippen molar-refractivity contribution in [1.82, 2.24) is 15.0 Å². The van der Waals surface area contributed by atoms with Gasteiger partial charge in [0, 0.05) is 22.2 Å². The molecule has 6 heteroatoms. The summed E-state index contributed by atoms with van der Waals surface area (Å²) in [5.41, 5.74) is 21.2. The summed E-state index contributed by atoms with van der Waals surface area (Å²) in [6.45, 7) is 2.01. The predicted molar refractivity (Wildman–Crippen MR) is 77.3 cm³/mol. The highest BCUT2D eigenvalue weighted by atomic mass is 15.1. The standard InChI is InChI=1S/C13H14N6/c1-6-4-8-5-7(2-3-9(8)17-6)11-10(14)12(15)19-13(16)18-11/h2-5,17H,14H2,1H3,(H4,15,16,18,19). The average Bonchev–Trinajstić information content (AvgIpc) is 2.72. The van der Waals surface area contributed by atoms with E-state index in [0.29, 0.717) is 11.4 Å². The lowest BCUT2D eigenvalue weighted by atomic mass is 10.1. The Balaban J connectivity index is 2.23. The second-order valence-corrected chi connectivity index (χ2v) is 4.48. The number of fused-ring (bicyclic) bond motifs is 1. The van der Waals surface area contributed by atoms with E-state index in [-0.39, 0.29) is 11.8 Å². The van der Waals surface area contributed by atoms with Crippen molar-refractivity contribution in [2.24, 2.45) is 0 Å². The van der Waals surface area contributed by atoms with Crippen LogP contribution in [0.4, 0.5) is 17.5 Å². The zero-order chi connectivity index (χ0) is 13.6. The number of aromatic nitrogens is 3. The maximum absolute atomic E-state index is 5.92. The van der Waals surface area contributed by atoms with E-state index in [2.05, 4.69) is 21.0 Å². The molecule has 7 N–H and O–H groups in total. The summed E-state index contributed by atoms with van der Waals surface area (Å²) >= 11 is 0. The van der Waals surface area contributed by atoms with E-state index >= 15 is 0 Å². The van der Waals surface area contributed by atoms with Crippen LogP contribution in [0.25, 0.3) is 22.2 Å². The molecule has 0 aliphatic heterocycles. The lowest BCUT2D eigenvalue weighted by Crippen LogP contribution is -2.06. The van der Waals surface area contributed by atoms with Gasteiger partial charge in [0.25, 0.3) is 0 Å². The Labute approximate surface area is 109 Å². The van der Waals surface area contributed by atoms with Gasteiger partial charge in [0.1, 0.15) is 11.4 Å². The van der Waals surface area contributed by atoms with Crippen LogP contribution in [-0.4, -0.2) is 15.0 Å². The van der Waals surface area contributed by atoms with Crippen LogP contribution in [-0.2, 0) is 0 Å². The van der Waals surface area contributed by atoms with E-state index in [0.717, 1.165) is 22.2 Å². The van der Waals surface area contributed by atoms with E-state index in [1.54, 1.807) is 0 Å². The molecule has 3 rings (SSSR count). The molecule has 96 valence electrons. The van der Waals surface area contributed by atoms with E-state index in [1.807, 2.05) is 25.1 Å². The predicted octanol–water partition coefficient (Wildman–Crippen LogP) is 1.68. The third kappa shape index (κ3) is 1.83. The van der Waals surface area contributed by atoms with Gasteiger partial charge in [-0.15, -0.1) is 0 Å². The SMILES string of the molecule is Cc1cc2cc(-c3nc(N)nc(N)c3N)ccc2[nH]1. The van der Waals surface area contributed by atoms with E-state index in [4.69, 9.17) is 17.2 Å². The zero-order valence-corrected chi connectivity index (χ0v) is 10.4. The molecule has 0 unspecified atom stereocenters. The van der Waals surface area contributed by atoms with Crippen molar-refractivity contribution in [3.8, 4) is 11.3 Å². The first kappa shape index (κ1) is 11.3. The van der Waals surface area contributed by atoms with Crippen molar-refractivity contribution in [3.05, 3.63) is 30.0 Å². The van der Waals surface area contributed by atoms with Crippen molar-refractivity contribution in [1.29, 1.82) is 0 Å². The van der Waals surface area contributed by atoms with Crippen LogP contribution in [0.15, 0.2) is 24.3 Å². The van der Waals surface area contributed by atoms with Crippen LogP contribution >= 0.6 is 0 Å². The molecular formula is C13H14N6. The number of H-pyrrole nitrogens is 1. The topological polar surface area (TPSA) is 120 Å². The van der Waals surface area contributed by atoms with E-state index in [9.17, 15) is 0 Å². The molecule has 0 bridgehead atoms. The molecule has 0 spiro atoms. The van der Waals surface area contributed by atoms with Gasteiger partial charge in [0.05, 0.1) is 0 Å². The van der Waals surface area contributed by atoms with Gasteiger partial charge in [-0.3, -0.25) is 0 Å². The molecule has 19 heavy (non-hydrogen) atoms. The number of nitrogens with two attached hydrogens (primary N) is 3. The molecule has 0 atom stereocenters. The fraction of sp³-hybridized carbons (Fsp3) is 0.0769. The quantitative estimate of drug-likeness (QED) is 0.526. The van der Waals surface area contributed by atoms with Gasteiger partial charge < -0.3 is 22.2 Å². The second kappa shape index (κ2) is 3.88. The van der Waals surface area contributed by atoms with Gasteiger partial charge in [-0.05, 0) is 25.1 Å². The first-order chi connectivity index (χ1) is 9.04.